The van der Waals surface area contributed by atoms with E-state index in [4.69, 9.17) is 16.3 Å². The van der Waals surface area contributed by atoms with Gasteiger partial charge in [0.1, 0.15) is 12.4 Å². The van der Waals surface area contributed by atoms with Crippen molar-refractivity contribution in [2.24, 2.45) is 0 Å². The zero-order valence-electron chi connectivity index (χ0n) is 16.3. The average molecular weight is 382 g/mol. The molecule has 142 valence electrons. The van der Waals surface area contributed by atoms with Crippen LogP contribution in [0, 0.1) is 0 Å². The Hall–Kier alpha value is -2.29. The van der Waals surface area contributed by atoms with Crippen LogP contribution in [0.2, 0.25) is 0 Å². The van der Waals surface area contributed by atoms with E-state index in [0.29, 0.717) is 6.61 Å². The van der Waals surface area contributed by atoms with Crippen LogP contribution in [-0.2, 0) is 0 Å². The largest absolute Gasteiger partial charge is 0.492 e. The number of allylic oxidation sites excluding steroid dienone is 5. The molecule has 1 N–H and O–H groups in total. The minimum absolute atomic E-state index is 0.654. The van der Waals surface area contributed by atoms with E-state index in [-0.39, 0.29) is 0 Å². The molecule has 0 unspecified atom stereocenters. The Morgan fingerprint density at radius 3 is 2.37 bits per heavy atom. The van der Waals surface area contributed by atoms with Gasteiger partial charge in [-0.15, -0.1) is 0 Å². The molecule has 0 amide bonds. The molecule has 0 atom stereocenters. The van der Waals surface area contributed by atoms with Gasteiger partial charge in [-0.3, -0.25) is 0 Å². The van der Waals surface area contributed by atoms with Gasteiger partial charge < -0.3 is 10.1 Å². The van der Waals surface area contributed by atoms with Gasteiger partial charge in [0, 0.05) is 12.1 Å². The van der Waals surface area contributed by atoms with E-state index >= 15 is 0 Å². The molecule has 0 saturated heterocycles. The summed E-state index contributed by atoms with van der Waals surface area (Å²) in [5.74, 6) is 0.863. The van der Waals surface area contributed by atoms with Crippen molar-refractivity contribution in [2.45, 2.75) is 20.8 Å². The van der Waals surface area contributed by atoms with Crippen molar-refractivity contribution in [1.29, 1.82) is 0 Å². The smallest absolute Gasteiger partial charge is 0.119 e. The van der Waals surface area contributed by atoms with Crippen LogP contribution < -0.4 is 10.1 Å². The predicted octanol–water partition coefficient (Wildman–Crippen LogP) is 6.30. The van der Waals surface area contributed by atoms with Crippen LogP contribution >= 0.6 is 11.6 Å². The minimum atomic E-state index is 0.654. The third-order valence-electron chi connectivity index (χ3n) is 4.12. The Bertz CT molecular complexity index is 789. The molecule has 0 aliphatic rings. The second-order valence-electron chi connectivity index (χ2n) is 6.16. The number of likely N-dealkylation sites (N-methyl/N-ethyl adjacent to an activating group) is 1. The summed E-state index contributed by atoms with van der Waals surface area (Å²) in [6.07, 6.45) is 6.13. The lowest BCUT2D eigenvalue weighted by Crippen LogP contribution is -2.20. The molecule has 2 aromatic rings. The first kappa shape index (κ1) is 21.0. The molecule has 0 aliphatic heterocycles. The van der Waals surface area contributed by atoms with Crippen molar-refractivity contribution >= 4 is 22.2 Å². The second kappa shape index (κ2) is 11.4. The molecule has 2 rings (SSSR count). The lowest BCUT2D eigenvalue weighted by atomic mass is 9.95. The number of rotatable bonds is 9. The number of benzene rings is 2. The monoisotopic (exact) mass is 381 g/mol. The van der Waals surface area contributed by atoms with Crippen LogP contribution in [0.5, 0.6) is 5.75 Å². The summed E-state index contributed by atoms with van der Waals surface area (Å²) >= 11 is 6.81. The topological polar surface area (TPSA) is 21.3 Å². The second-order valence-corrected chi connectivity index (χ2v) is 6.53. The third-order valence-corrected chi connectivity index (χ3v) is 4.53. The molecule has 0 saturated carbocycles. The van der Waals surface area contributed by atoms with Crippen LogP contribution in [-0.4, -0.2) is 19.7 Å². The summed E-state index contributed by atoms with van der Waals surface area (Å²) in [6, 6.07) is 18.2. The fourth-order valence-corrected chi connectivity index (χ4v) is 3.10. The van der Waals surface area contributed by atoms with Crippen molar-refractivity contribution in [3.8, 4) is 5.75 Å². The first-order valence-corrected chi connectivity index (χ1v) is 9.74. The minimum Gasteiger partial charge on any atom is -0.492 e. The molecule has 2 aromatic carbocycles. The van der Waals surface area contributed by atoms with E-state index in [1.807, 2.05) is 61.5 Å². The van der Waals surface area contributed by atoms with Crippen LogP contribution in [0.1, 0.15) is 31.9 Å². The number of halogens is 1. The molecule has 0 aromatic heterocycles. The van der Waals surface area contributed by atoms with Gasteiger partial charge in [0.2, 0.25) is 0 Å². The van der Waals surface area contributed by atoms with Gasteiger partial charge >= 0.3 is 0 Å². The van der Waals surface area contributed by atoms with Gasteiger partial charge in [0.15, 0.2) is 0 Å². The number of hydrogen-bond acceptors (Lipinski definition) is 2. The fourth-order valence-electron chi connectivity index (χ4n) is 2.72. The quantitative estimate of drug-likeness (QED) is 0.312. The van der Waals surface area contributed by atoms with Gasteiger partial charge in [0.25, 0.3) is 0 Å². The maximum absolute atomic E-state index is 6.81. The summed E-state index contributed by atoms with van der Waals surface area (Å²) in [7, 11) is 0. The maximum Gasteiger partial charge on any atom is 0.119 e. The predicted molar refractivity (Wildman–Crippen MR) is 118 cm³/mol. The van der Waals surface area contributed by atoms with E-state index in [0.717, 1.165) is 46.1 Å². The number of hydrogen-bond donors (Lipinski definition) is 1. The van der Waals surface area contributed by atoms with E-state index in [1.54, 1.807) is 0 Å². The van der Waals surface area contributed by atoms with E-state index < -0.39 is 0 Å². The normalized spacial score (nSPS) is 13.0. The molecule has 0 spiro atoms. The first-order valence-electron chi connectivity index (χ1n) is 9.36. The SMILES string of the molecule is C\C=C/C=C(C)/C(=C(\Cl)c1ccccc1)c1ccc(OCCNCC)cc1. The van der Waals surface area contributed by atoms with Crippen molar-refractivity contribution in [2.75, 3.05) is 19.7 Å². The van der Waals surface area contributed by atoms with Gasteiger partial charge in [-0.1, -0.05) is 79.2 Å². The Morgan fingerprint density at radius 1 is 1.04 bits per heavy atom. The summed E-state index contributed by atoms with van der Waals surface area (Å²) in [5.41, 5.74) is 4.22. The molecular formula is C24H28ClNO. The van der Waals surface area contributed by atoms with Gasteiger partial charge in [-0.05, 0) is 49.2 Å². The Kier molecular flexibility index (Phi) is 8.90. The first-order chi connectivity index (χ1) is 13.2. The van der Waals surface area contributed by atoms with Crippen LogP contribution in [0.4, 0.5) is 0 Å². The summed E-state index contributed by atoms with van der Waals surface area (Å²) in [4.78, 5) is 0. The Balaban J connectivity index is 2.34. The molecule has 0 radical (unpaired) electrons. The average Bonchev–Trinajstić information content (AvgIpc) is 2.71. The standard InChI is InChI=1S/C24H28ClNO/c1-4-6-10-19(3)23(24(25)21-11-8-7-9-12-21)20-13-15-22(16-14-20)27-18-17-26-5-2/h4,6-16,26H,5,17-18H2,1-3H3/b6-4-,19-10+,24-23+. The lowest BCUT2D eigenvalue weighted by Gasteiger charge is -2.14. The highest BCUT2D eigenvalue weighted by Crippen LogP contribution is 2.35. The van der Waals surface area contributed by atoms with E-state index in [1.165, 1.54) is 0 Å². The van der Waals surface area contributed by atoms with Gasteiger partial charge in [-0.2, -0.15) is 0 Å². The summed E-state index contributed by atoms with van der Waals surface area (Å²) < 4.78 is 5.78. The highest BCUT2D eigenvalue weighted by atomic mass is 35.5. The Labute approximate surface area is 168 Å². The van der Waals surface area contributed by atoms with Gasteiger partial charge in [0.05, 0.1) is 5.03 Å². The fraction of sp³-hybridized carbons (Fsp3) is 0.250. The molecule has 0 bridgehead atoms. The number of ether oxygens (including phenoxy) is 1. The van der Waals surface area contributed by atoms with Crippen molar-refractivity contribution in [3.63, 3.8) is 0 Å². The van der Waals surface area contributed by atoms with Crippen LogP contribution in [0.15, 0.2) is 78.4 Å². The molecule has 0 aliphatic carbocycles. The third kappa shape index (κ3) is 6.42. The zero-order chi connectivity index (χ0) is 19.5. The van der Waals surface area contributed by atoms with Crippen molar-refractivity contribution in [1.82, 2.24) is 5.32 Å². The molecule has 3 heteroatoms. The molecule has 0 fully saturated rings. The highest BCUT2D eigenvalue weighted by Gasteiger charge is 2.12. The highest BCUT2D eigenvalue weighted by molar-refractivity contribution is 6.53. The van der Waals surface area contributed by atoms with Crippen molar-refractivity contribution in [3.05, 3.63) is 89.5 Å². The molecule has 27 heavy (non-hydrogen) atoms. The molecular weight excluding hydrogens is 354 g/mol. The zero-order valence-corrected chi connectivity index (χ0v) is 17.1. The lowest BCUT2D eigenvalue weighted by molar-refractivity contribution is 0.315. The number of nitrogens with one attached hydrogen (secondary N) is 1. The molecule has 2 nitrogen and oxygen atoms in total. The van der Waals surface area contributed by atoms with Crippen LogP contribution in [0.25, 0.3) is 10.6 Å². The summed E-state index contributed by atoms with van der Waals surface area (Å²) in [6.45, 7) is 8.62. The van der Waals surface area contributed by atoms with Crippen LogP contribution in [0.3, 0.4) is 0 Å². The van der Waals surface area contributed by atoms with Crippen molar-refractivity contribution < 1.29 is 4.74 Å². The molecule has 0 heterocycles. The maximum atomic E-state index is 6.81. The van der Waals surface area contributed by atoms with E-state index in [2.05, 4.69) is 37.4 Å². The Morgan fingerprint density at radius 2 is 1.74 bits per heavy atom. The van der Waals surface area contributed by atoms with E-state index in [9.17, 15) is 0 Å². The van der Waals surface area contributed by atoms with Gasteiger partial charge in [-0.25, -0.2) is 0 Å². The summed E-state index contributed by atoms with van der Waals surface area (Å²) in [5, 5.41) is 4.00.